The highest BCUT2D eigenvalue weighted by atomic mass is 35.5. The van der Waals surface area contributed by atoms with Crippen molar-refractivity contribution < 1.29 is 17.9 Å². The molecule has 0 heterocycles. The monoisotopic (exact) mass is 472 g/mol. The van der Waals surface area contributed by atoms with Gasteiger partial charge in [-0.05, 0) is 56.2 Å². The summed E-state index contributed by atoms with van der Waals surface area (Å²) in [7, 11) is -3.58. The van der Waals surface area contributed by atoms with E-state index >= 15 is 0 Å². The Hall–Kier alpha value is -1.96. The molecule has 0 aliphatic rings. The molecule has 1 N–H and O–H groups in total. The molecule has 6 nitrogen and oxygen atoms in total. The quantitative estimate of drug-likeness (QED) is 0.537. The Balaban J connectivity index is 1.94. The molecule has 0 saturated heterocycles. The summed E-state index contributed by atoms with van der Waals surface area (Å²) >= 11 is 12.1. The first-order valence-corrected chi connectivity index (χ1v) is 12.2. The SMILES string of the molecule is CCOc1ccc([C@H](C)NC(=O)CCCN(c2cc(Cl)ccc2Cl)S(C)(=O)=O)cc1. The first kappa shape index (κ1) is 24.3. The van der Waals surface area contributed by atoms with E-state index < -0.39 is 10.0 Å². The molecule has 164 valence electrons. The molecule has 30 heavy (non-hydrogen) atoms. The maximum atomic E-state index is 12.3. The van der Waals surface area contributed by atoms with Crippen LogP contribution in [0.25, 0.3) is 0 Å². The molecule has 2 aromatic rings. The zero-order chi connectivity index (χ0) is 22.3. The van der Waals surface area contributed by atoms with Gasteiger partial charge in [0.15, 0.2) is 0 Å². The van der Waals surface area contributed by atoms with Gasteiger partial charge >= 0.3 is 0 Å². The smallest absolute Gasteiger partial charge is 0.232 e. The molecule has 0 radical (unpaired) electrons. The minimum atomic E-state index is -3.58. The Morgan fingerprint density at radius 3 is 2.43 bits per heavy atom. The fourth-order valence-corrected chi connectivity index (χ4v) is 4.35. The maximum absolute atomic E-state index is 12.3. The van der Waals surface area contributed by atoms with Gasteiger partial charge in [-0.25, -0.2) is 8.42 Å². The van der Waals surface area contributed by atoms with E-state index in [1.807, 2.05) is 38.1 Å². The van der Waals surface area contributed by atoms with Crippen molar-refractivity contribution >= 4 is 44.8 Å². The van der Waals surface area contributed by atoms with Gasteiger partial charge in [-0.1, -0.05) is 35.3 Å². The largest absolute Gasteiger partial charge is 0.494 e. The van der Waals surface area contributed by atoms with Gasteiger partial charge in [-0.3, -0.25) is 9.10 Å². The average molecular weight is 473 g/mol. The lowest BCUT2D eigenvalue weighted by molar-refractivity contribution is -0.121. The van der Waals surface area contributed by atoms with E-state index in [0.29, 0.717) is 23.7 Å². The molecule has 0 aliphatic heterocycles. The summed E-state index contributed by atoms with van der Waals surface area (Å²) in [4.78, 5) is 12.3. The van der Waals surface area contributed by atoms with Gasteiger partial charge in [-0.15, -0.1) is 0 Å². The number of sulfonamides is 1. The Morgan fingerprint density at radius 2 is 1.83 bits per heavy atom. The number of ether oxygens (including phenoxy) is 1. The lowest BCUT2D eigenvalue weighted by atomic mass is 10.1. The number of hydrogen-bond donors (Lipinski definition) is 1. The van der Waals surface area contributed by atoms with E-state index in [1.54, 1.807) is 12.1 Å². The molecule has 0 aromatic heterocycles. The molecule has 1 amide bonds. The number of anilines is 1. The molecule has 0 fully saturated rings. The van der Waals surface area contributed by atoms with Crippen LogP contribution in [0.1, 0.15) is 38.3 Å². The zero-order valence-electron chi connectivity index (χ0n) is 17.2. The maximum Gasteiger partial charge on any atom is 0.232 e. The summed E-state index contributed by atoms with van der Waals surface area (Å²) in [6.07, 6.45) is 1.60. The lowest BCUT2D eigenvalue weighted by Crippen LogP contribution is -2.32. The second-order valence-electron chi connectivity index (χ2n) is 6.83. The summed E-state index contributed by atoms with van der Waals surface area (Å²) < 4.78 is 31.0. The Bertz CT molecular complexity index is 965. The lowest BCUT2D eigenvalue weighted by Gasteiger charge is -2.23. The van der Waals surface area contributed by atoms with Crippen LogP contribution in [0.5, 0.6) is 5.75 Å². The van der Waals surface area contributed by atoms with Crippen molar-refractivity contribution in [3.63, 3.8) is 0 Å². The number of rotatable bonds is 10. The van der Waals surface area contributed by atoms with Crippen molar-refractivity contribution in [1.29, 1.82) is 0 Å². The van der Waals surface area contributed by atoms with Gasteiger partial charge in [0.1, 0.15) is 5.75 Å². The number of hydrogen-bond acceptors (Lipinski definition) is 4. The number of benzene rings is 2. The van der Waals surface area contributed by atoms with Crippen molar-refractivity contribution in [3.8, 4) is 5.75 Å². The minimum absolute atomic E-state index is 0.115. The minimum Gasteiger partial charge on any atom is -0.494 e. The molecule has 0 unspecified atom stereocenters. The molecule has 0 saturated carbocycles. The molecule has 0 bridgehead atoms. The van der Waals surface area contributed by atoms with Gasteiger partial charge in [0.2, 0.25) is 15.9 Å². The standard InChI is InChI=1S/C21H26Cl2N2O4S/c1-4-29-18-10-7-16(8-11-18)15(2)24-21(26)6-5-13-25(30(3,27)28)20-14-17(22)9-12-19(20)23/h7-12,14-15H,4-6,13H2,1-3H3,(H,24,26)/t15-/m0/s1. The fourth-order valence-electron chi connectivity index (χ4n) is 2.94. The summed E-state index contributed by atoms with van der Waals surface area (Å²) in [5.41, 5.74) is 1.25. The van der Waals surface area contributed by atoms with Crippen molar-refractivity contribution in [2.24, 2.45) is 0 Å². The molecule has 0 aliphatic carbocycles. The molecule has 2 aromatic carbocycles. The van der Waals surface area contributed by atoms with Crippen LogP contribution in [-0.2, 0) is 14.8 Å². The molecule has 9 heteroatoms. The predicted molar refractivity (Wildman–Crippen MR) is 122 cm³/mol. The van der Waals surface area contributed by atoms with Crippen molar-refractivity contribution in [2.75, 3.05) is 23.7 Å². The van der Waals surface area contributed by atoms with Crippen LogP contribution in [0.2, 0.25) is 10.0 Å². The van der Waals surface area contributed by atoms with E-state index in [0.717, 1.165) is 17.6 Å². The molecule has 0 spiro atoms. The topological polar surface area (TPSA) is 75.7 Å². The van der Waals surface area contributed by atoms with E-state index in [1.165, 1.54) is 10.4 Å². The van der Waals surface area contributed by atoms with Crippen molar-refractivity contribution in [2.45, 2.75) is 32.7 Å². The number of halogens is 2. The van der Waals surface area contributed by atoms with Crippen LogP contribution in [-0.4, -0.2) is 33.7 Å². The van der Waals surface area contributed by atoms with Crippen LogP contribution in [0.3, 0.4) is 0 Å². The van der Waals surface area contributed by atoms with Crippen LogP contribution in [0.4, 0.5) is 5.69 Å². The number of amides is 1. The third-order valence-corrected chi connectivity index (χ3v) is 6.15. The van der Waals surface area contributed by atoms with Crippen LogP contribution < -0.4 is 14.4 Å². The third-order valence-electron chi connectivity index (χ3n) is 4.41. The van der Waals surface area contributed by atoms with Gasteiger partial charge in [0, 0.05) is 18.0 Å². The normalized spacial score (nSPS) is 12.3. The van der Waals surface area contributed by atoms with Gasteiger partial charge in [-0.2, -0.15) is 0 Å². The van der Waals surface area contributed by atoms with Crippen molar-refractivity contribution in [3.05, 3.63) is 58.1 Å². The number of nitrogens with zero attached hydrogens (tertiary/aromatic N) is 1. The first-order chi connectivity index (χ1) is 14.1. The number of carbonyl (C=O) groups is 1. The second-order valence-corrected chi connectivity index (χ2v) is 9.58. The highest BCUT2D eigenvalue weighted by Crippen LogP contribution is 2.31. The Kier molecular flexibility index (Phi) is 8.82. The van der Waals surface area contributed by atoms with Gasteiger partial charge in [0.05, 0.1) is 29.6 Å². The summed E-state index contributed by atoms with van der Waals surface area (Å²) in [6.45, 7) is 4.52. The van der Waals surface area contributed by atoms with E-state index in [-0.39, 0.29) is 29.9 Å². The van der Waals surface area contributed by atoms with Crippen LogP contribution in [0, 0.1) is 0 Å². The molecular formula is C21H26Cl2N2O4S. The van der Waals surface area contributed by atoms with Crippen LogP contribution >= 0.6 is 23.2 Å². The average Bonchev–Trinajstić information content (AvgIpc) is 2.67. The number of nitrogens with one attached hydrogen (secondary N) is 1. The Labute approximate surface area is 188 Å². The molecule has 1 atom stereocenters. The summed E-state index contributed by atoms with van der Waals surface area (Å²) in [5.74, 6) is 0.613. The summed E-state index contributed by atoms with van der Waals surface area (Å²) in [6, 6.07) is 12.0. The highest BCUT2D eigenvalue weighted by molar-refractivity contribution is 7.92. The van der Waals surface area contributed by atoms with Crippen molar-refractivity contribution in [1.82, 2.24) is 5.32 Å². The fraction of sp³-hybridized carbons (Fsp3) is 0.381. The number of carbonyl (C=O) groups excluding carboxylic acids is 1. The Morgan fingerprint density at radius 1 is 1.17 bits per heavy atom. The molecular weight excluding hydrogens is 447 g/mol. The van der Waals surface area contributed by atoms with Gasteiger partial charge < -0.3 is 10.1 Å². The summed E-state index contributed by atoms with van der Waals surface area (Å²) in [5, 5.41) is 3.58. The van der Waals surface area contributed by atoms with E-state index in [2.05, 4.69) is 5.32 Å². The first-order valence-electron chi connectivity index (χ1n) is 9.56. The van der Waals surface area contributed by atoms with Gasteiger partial charge in [0.25, 0.3) is 0 Å². The van der Waals surface area contributed by atoms with E-state index in [4.69, 9.17) is 27.9 Å². The van der Waals surface area contributed by atoms with Crippen LogP contribution in [0.15, 0.2) is 42.5 Å². The predicted octanol–water partition coefficient (Wildman–Crippen LogP) is 4.82. The second kappa shape index (κ2) is 10.9. The third kappa shape index (κ3) is 7.07. The van der Waals surface area contributed by atoms with E-state index in [9.17, 15) is 13.2 Å². The highest BCUT2D eigenvalue weighted by Gasteiger charge is 2.21. The molecule has 2 rings (SSSR count). The zero-order valence-corrected chi connectivity index (χ0v) is 19.5.